The molecule has 1 unspecified atom stereocenters. The maximum absolute atomic E-state index is 11.5. The minimum absolute atomic E-state index is 0.0507. The number of thioether (sulfide) groups is 1. The van der Waals surface area contributed by atoms with Gasteiger partial charge >= 0.3 is 12.0 Å². The molecule has 0 fully saturated rings. The Balaban J connectivity index is 4.13. The van der Waals surface area contributed by atoms with Gasteiger partial charge in [-0.25, -0.2) is 4.79 Å². The number of carboxylic acid groups (broad SMARTS) is 1. The van der Waals surface area contributed by atoms with Gasteiger partial charge in [0.15, 0.2) is 0 Å². The van der Waals surface area contributed by atoms with E-state index < -0.39 is 23.3 Å². The van der Waals surface area contributed by atoms with E-state index in [1.807, 2.05) is 13.8 Å². The molecule has 0 bridgehead atoms. The Morgan fingerprint density at radius 3 is 2.37 bits per heavy atom. The number of hydrogen-bond acceptors (Lipinski definition) is 4. The molecule has 0 aliphatic heterocycles. The number of imide groups is 1. The van der Waals surface area contributed by atoms with Crippen molar-refractivity contribution < 1.29 is 19.5 Å². The van der Waals surface area contributed by atoms with Crippen LogP contribution in [-0.4, -0.2) is 40.6 Å². The van der Waals surface area contributed by atoms with Crippen LogP contribution in [0.3, 0.4) is 0 Å². The molecule has 0 spiro atoms. The van der Waals surface area contributed by atoms with Crippen LogP contribution in [0, 0.1) is 5.41 Å². The highest BCUT2D eigenvalue weighted by atomic mass is 32.2. The summed E-state index contributed by atoms with van der Waals surface area (Å²) in [6.07, 6.45) is -0.242. The first kappa shape index (κ1) is 17.8. The van der Waals surface area contributed by atoms with Gasteiger partial charge in [0, 0.05) is 18.2 Å². The molecule has 3 amide bonds. The molecular weight excluding hydrogens is 268 g/mol. The second kappa shape index (κ2) is 8.04. The summed E-state index contributed by atoms with van der Waals surface area (Å²) >= 11 is 1.69. The predicted molar refractivity (Wildman–Crippen MR) is 75.2 cm³/mol. The Morgan fingerprint density at radius 1 is 1.32 bits per heavy atom. The highest BCUT2D eigenvalue weighted by molar-refractivity contribution is 7.99. The second-order valence-electron chi connectivity index (χ2n) is 4.95. The first-order chi connectivity index (χ1) is 8.69. The van der Waals surface area contributed by atoms with Crippen molar-refractivity contribution in [3.63, 3.8) is 0 Å². The summed E-state index contributed by atoms with van der Waals surface area (Å²) < 4.78 is 0. The van der Waals surface area contributed by atoms with Crippen LogP contribution < -0.4 is 10.6 Å². The van der Waals surface area contributed by atoms with Crippen molar-refractivity contribution in [3.8, 4) is 0 Å². The number of carboxylic acids is 1. The zero-order valence-electron chi connectivity index (χ0n) is 11.8. The van der Waals surface area contributed by atoms with E-state index in [-0.39, 0.29) is 12.5 Å². The van der Waals surface area contributed by atoms with Crippen LogP contribution in [0.2, 0.25) is 0 Å². The van der Waals surface area contributed by atoms with Gasteiger partial charge in [0.1, 0.15) is 0 Å². The molecule has 110 valence electrons. The quantitative estimate of drug-likeness (QED) is 0.659. The van der Waals surface area contributed by atoms with E-state index in [4.69, 9.17) is 5.11 Å². The van der Waals surface area contributed by atoms with Crippen molar-refractivity contribution in [1.29, 1.82) is 0 Å². The monoisotopic (exact) mass is 290 g/mol. The molecule has 0 saturated heterocycles. The number of amides is 3. The van der Waals surface area contributed by atoms with Gasteiger partial charge in [-0.05, 0) is 26.5 Å². The van der Waals surface area contributed by atoms with Crippen LogP contribution in [-0.2, 0) is 9.59 Å². The predicted octanol–water partition coefficient (Wildman–Crippen LogP) is 1.45. The van der Waals surface area contributed by atoms with Gasteiger partial charge in [-0.15, -0.1) is 0 Å². The van der Waals surface area contributed by atoms with Gasteiger partial charge in [-0.3, -0.25) is 14.9 Å². The van der Waals surface area contributed by atoms with E-state index in [0.29, 0.717) is 0 Å². The minimum Gasteiger partial charge on any atom is -0.481 e. The minimum atomic E-state index is -1.19. The van der Waals surface area contributed by atoms with Crippen molar-refractivity contribution in [1.82, 2.24) is 10.6 Å². The molecule has 0 aromatic carbocycles. The smallest absolute Gasteiger partial charge is 0.321 e. The van der Waals surface area contributed by atoms with Gasteiger partial charge in [0.05, 0.1) is 5.41 Å². The molecular formula is C12H22N2O4S. The Hall–Kier alpha value is -1.24. The lowest BCUT2D eigenvalue weighted by molar-refractivity contribution is -0.149. The third-order valence-electron chi connectivity index (χ3n) is 2.38. The number of rotatable bonds is 7. The zero-order chi connectivity index (χ0) is 15.1. The fourth-order valence-corrected chi connectivity index (χ4v) is 1.92. The summed E-state index contributed by atoms with van der Waals surface area (Å²) in [6.45, 7) is 6.74. The molecule has 6 nitrogen and oxygen atoms in total. The van der Waals surface area contributed by atoms with Gasteiger partial charge in [0.2, 0.25) is 5.91 Å². The van der Waals surface area contributed by atoms with Crippen molar-refractivity contribution in [3.05, 3.63) is 0 Å². The zero-order valence-corrected chi connectivity index (χ0v) is 12.6. The lowest BCUT2D eigenvalue weighted by atomic mass is 9.89. The van der Waals surface area contributed by atoms with Crippen molar-refractivity contribution in [2.45, 2.75) is 40.2 Å². The van der Waals surface area contributed by atoms with Gasteiger partial charge in [0.25, 0.3) is 0 Å². The second-order valence-corrected chi connectivity index (χ2v) is 6.27. The fraction of sp³-hybridized carbons (Fsp3) is 0.750. The van der Waals surface area contributed by atoms with Crippen LogP contribution in [0.25, 0.3) is 0 Å². The Morgan fingerprint density at radius 2 is 1.89 bits per heavy atom. The summed E-state index contributed by atoms with van der Waals surface area (Å²) in [5.41, 5.74) is -1.19. The summed E-state index contributed by atoms with van der Waals surface area (Å²) in [4.78, 5) is 33.9. The Bertz CT molecular complexity index is 345. The highest BCUT2D eigenvalue weighted by Gasteiger charge is 2.30. The fourth-order valence-electron chi connectivity index (χ4n) is 1.24. The summed E-state index contributed by atoms with van der Waals surface area (Å²) in [6, 6.07) is -0.638. The van der Waals surface area contributed by atoms with E-state index in [1.54, 1.807) is 11.8 Å². The summed E-state index contributed by atoms with van der Waals surface area (Å²) in [5.74, 6) is 0.0500. The van der Waals surface area contributed by atoms with Crippen LogP contribution >= 0.6 is 11.8 Å². The number of carbonyl (C=O) groups excluding carboxylic acids is 2. The maximum atomic E-state index is 11.5. The summed E-state index contributed by atoms with van der Waals surface area (Å²) in [7, 11) is 0. The van der Waals surface area contributed by atoms with Crippen LogP contribution in [0.1, 0.15) is 34.1 Å². The topological polar surface area (TPSA) is 95.5 Å². The number of carbonyl (C=O) groups is 3. The molecule has 0 aromatic heterocycles. The maximum Gasteiger partial charge on any atom is 0.321 e. The molecule has 0 radical (unpaired) electrons. The van der Waals surface area contributed by atoms with Crippen molar-refractivity contribution in [2.24, 2.45) is 5.41 Å². The standard InChI is InChI=1S/C12H22N2O4S/c1-5-19-7-8(2)13-11(18)14-9(15)6-12(3,4)10(16)17/h8H,5-7H2,1-4H3,(H,16,17)(H2,13,14,15,18). The SMILES string of the molecule is CCSCC(C)NC(=O)NC(=O)CC(C)(C)C(=O)O. The van der Waals surface area contributed by atoms with E-state index in [9.17, 15) is 14.4 Å². The Kier molecular flexibility index (Phi) is 7.51. The van der Waals surface area contributed by atoms with Gasteiger partial charge < -0.3 is 10.4 Å². The van der Waals surface area contributed by atoms with Gasteiger partial charge in [-0.2, -0.15) is 11.8 Å². The molecule has 1 atom stereocenters. The van der Waals surface area contributed by atoms with Crippen molar-refractivity contribution in [2.75, 3.05) is 11.5 Å². The lowest BCUT2D eigenvalue weighted by Crippen LogP contribution is -2.45. The number of aliphatic carboxylic acids is 1. The van der Waals surface area contributed by atoms with E-state index in [1.165, 1.54) is 13.8 Å². The third-order valence-corrected chi connectivity index (χ3v) is 3.53. The average Bonchev–Trinajstić information content (AvgIpc) is 2.24. The molecule has 19 heavy (non-hydrogen) atoms. The number of urea groups is 1. The molecule has 7 heteroatoms. The van der Waals surface area contributed by atoms with E-state index >= 15 is 0 Å². The molecule has 0 aliphatic rings. The van der Waals surface area contributed by atoms with Gasteiger partial charge in [-0.1, -0.05) is 6.92 Å². The largest absolute Gasteiger partial charge is 0.481 e. The summed E-state index contributed by atoms with van der Waals surface area (Å²) in [5, 5.41) is 13.6. The molecule has 0 aliphatic carbocycles. The lowest BCUT2D eigenvalue weighted by Gasteiger charge is -2.18. The molecule has 0 saturated carbocycles. The normalized spacial score (nSPS) is 12.6. The van der Waals surface area contributed by atoms with Crippen LogP contribution in [0.5, 0.6) is 0 Å². The first-order valence-corrected chi connectivity index (χ1v) is 7.26. The molecule has 0 rings (SSSR count). The van der Waals surface area contributed by atoms with Crippen LogP contribution in [0.4, 0.5) is 4.79 Å². The third kappa shape index (κ3) is 7.71. The Labute approximate surface area is 117 Å². The molecule has 0 heterocycles. The molecule has 0 aromatic rings. The van der Waals surface area contributed by atoms with Crippen molar-refractivity contribution >= 4 is 29.7 Å². The van der Waals surface area contributed by atoms with Crippen LogP contribution in [0.15, 0.2) is 0 Å². The average molecular weight is 290 g/mol. The van der Waals surface area contributed by atoms with E-state index in [2.05, 4.69) is 10.6 Å². The number of nitrogens with one attached hydrogen (secondary N) is 2. The molecule has 3 N–H and O–H groups in total. The highest BCUT2D eigenvalue weighted by Crippen LogP contribution is 2.19. The number of hydrogen-bond donors (Lipinski definition) is 3. The first-order valence-electron chi connectivity index (χ1n) is 6.10. The van der Waals surface area contributed by atoms with E-state index in [0.717, 1.165) is 11.5 Å².